The van der Waals surface area contributed by atoms with Crippen molar-refractivity contribution in [3.05, 3.63) is 72.8 Å². The standard InChI is InChI=1S/C24H26O6.C2H6/c1-17(2)23(25)29-15-13-27-21-11-7-5-9-19(21)20-10-6-8-12-22(20)28-14-16-30-24(26)18(3)4;1-2/h5-12H,1,3,13-16H2,2,4H3;1-2H3. The summed E-state index contributed by atoms with van der Waals surface area (Å²) in [6.45, 7) is 14.9. The fraction of sp³-hybridized carbons (Fsp3) is 0.308. The van der Waals surface area contributed by atoms with Gasteiger partial charge < -0.3 is 18.9 Å². The Balaban J connectivity index is 0.00000249. The van der Waals surface area contributed by atoms with Gasteiger partial charge in [0.25, 0.3) is 0 Å². The van der Waals surface area contributed by atoms with E-state index in [4.69, 9.17) is 18.9 Å². The van der Waals surface area contributed by atoms with Crippen LogP contribution in [0.15, 0.2) is 72.8 Å². The lowest BCUT2D eigenvalue weighted by Crippen LogP contribution is -2.13. The molecule has 0 aliphatic rings. The average molecular weight is 441 g/mol. The molecular weight excluding hydrogens is 408 g/mol. The second-order valence-corrected chi connectivity index (χ2v) is 6.52. The van der Waals surface area contributed by atoms with Crippen LogP contribution in [0.2, 0.25) is 0 Å². The Morgan fingerprint density at radius 3 is 1.34 bits per heavy atom. The number of esters is 2. The van der Waals surface area contributed by atoms with Crippen molar-refractivity contribution in [3.8, 4) is 22.6 Å². The molecule has 0 spiro atoms. The lowest BCUT2D eigenvalue weighted by molar-refractivity contribution is -0.140. The number of carbonyl (C=O) groups is 2. The monoisotopic (exact) mass is 440 g/mol. The predicted molar refractivity (Wildman–Crippen MR) is 126 cm³/mol. The first-order chi connectivity index (χ1) is 15.4. The Labute approximate surface area is 190 Å². The average Bonchev–Trinajstić information content (AvgIpc) is 2.81. The third-order valence-corrected chi connectivity index (χ3v) is 3.91. The molecule has 0 saturated carbocycles. The highest BCUT2D eigenvalue weighted by Gasteiger charge is 2.12. The maximum atomic E-state index is 11.5. The van der Waals surface area contributed by atoms with Gasteiger partial charge in [0.05, 0.1) is 0 Å². The molecule has 2 aromatic rings. The molecule has 0 radical (unpaired) electrons. The number of ether oxygens (including phenoxy) is 4. The van der Waals surface area contributed by atoms with Crippen molar-refractivity contribution in [3.63, 3.8) is 0 Å². The van der Waals surface area contributed by atoms with Crippen LogP contribution >= 0.6 is 0 Å². The molecule has 0 unspecified atom stereocenters. The van der Waals surface area contributed by atoms with E-state index in [2.05, 4.69) is 13.2 Å². The van der Waals surface area contributed by atoms with E-state index < -0.39 is 11.9 Å². The summed E-state index contributed by atoms with van der Waals surface area (Å²) in [4.78, 5) is 22.9. The van der Waals surface area contributed by atoms with Gasteiger partial charge in [-0.15, -0.1) is 0 Å². The van der Waals surface area contributed by atoms with Gasteiger partial charge in [-0.1, -0.05) is 63.4 Å². The number of rotatable bonds is 11. The van der Waals surface area contributed by atoms with Crippen molar-refractivity contribution < 1.29 is 28.5 Å². The van der Waals surface area contributed by atoms with Crippen LogP contribution in [0.5, 0.6) is 11.5 Å². The van der Waals surface area contributed by atoms with Crippen LogP contribution in [0.4, 0.5) is 0 Å². The largest absolute Gasteiger partial charge is 0.489 e. The summed E-state index contributed by atoms with van der Waals surface area (Å²) in [5, 5.41) is 0. The van der Waals surface area contributed by atoms with Crippen molar-refractivity contribution in [2.45, 2.75) is 27.7 Å². The van der Waals surface area contributed by atoms with E-state index in [1.807, 2.05) is 62.4 Å². The van der Waals surface area contributed by atoms with Gasteiger partial charge in [-0.25, -0.2) is 9.59 Å². The van der Waals surface area contributed by atoms with Crippen molar-refractivity contribution in [1.29, 1.82) is 0 Å². The summed E-state index contributed by atoms with van der Waals surface area (Å²) in [6.07, 6.45) is 0. The Morgan fingerprint density at radius 1 is 0.656 bits per heavy atom. The number of benzene rings is 2. The summed E-state index contributed by atoms with van der Waals surface area (Å²) in [6, 6.07) is 15.0. The topological polar surface area (TPSA) is 71.1 Å². The first-order valence-electron chi connectivity index (χ1n) is 10.5. The second kappa shape index (κ2) is 14.5. The maximum Gasteiger partial charge on any atom is 0.333 e. The van der Waals surface area contributed by atoms with Crippen LogP contribution in [-0.4, -0.2) is 38.4 Å². The highest BCUT2D eigenvalue weighted by molar-refractivity contribution is 5.87. The second-order valence-electron chi connectivity index (χ2n) is 6.52. The van der Waals surface area contributed by atoms with Gasteiger partial charge in [0, 0.05) is 22.3 Å². The first kappa shape index (κ1) is 26.5. The molecule has 0 aromatic heterocycles. The van der Waals surface area contributed by atoms with Crippen molar-refractivity contribution in [2.24, 2.45) is 0 Å². The van der Waals surface area contributed by atoms with E-state index in [9.17, 15) is 9.59 Å². The number of hydrogen-bond donors (Lipinski definition) is 0. The highest BCUT2D eigenvalue weighted by Crippen LogP contribution is 2.36. The summed E-state index contributed by atoms with van der Waals surface area (Å²) < 4.78 is 21.8. The third kappa shape index (κ3) is 8.68. The minimum Gasteiger partial charge on any atom is -0.489 e. The minimum atomic E-state index is -0.446. The van der Waals surface area contributed by atoms with E-state index >= 15 is 0 Å². The predicted octanol–water partition coefficient (Wildman–Crippen LogP) is 5.38. The molecule has 2 aromatic carbocycles. The maximum absolute atomic E-state index is 11.5. The lowest BCUT2D eigenvalue weighted by Gasteiger charge is -2.15. The van der Waals surface area contributed by atoms with Crippen LogP contribution < -0.4 is 9.47 Å². The molecule has 2 rings (SSSR count). The van der Waals surface area contributed by atoms with Crippen molar-refractivity contribution in [2.75, 3.05) is 26.4 Å². The van der Waals surface area contributed by atoms with E-state index in [1.165, 1.54) is 0 Å². The van der Waals surface area contributed by atoms with E-state index in [-0.39, 0.29) is 26.4 Å². The van der Waals surface area contributed by atoms with E-state index in [0.717, 1.165) is 11.1 Å². The third-order valence-electron chi connectivity index (χ3n) is 3.91. The van der Waals surface area contributed by atoms with Crippen LogP contribution in [0.1, 0.15) is 27.7 Å². The summed E-state index contributed by atoms with van der Waals surface area (Å²) in [5.41, 5.74) is 2.35. The number of carbonyl (C=O) groups excluding carboxylic acids is 2. The van der Waals surface area contributed by atoms with Crippen LogP contribution in [0.25, 0.3) is 11.1 Å². The van der Waals surface area contributed by atoms with Crippen molar-refractivity contribution >= 4 is 11.9 Å². The normalized spacial score (nSPS) is 9.62. The van der Waals surface area contributed by atoms with Crippen LogP contribution in [0, 0.1) is 0 Å². The summed E-state index contributed by atoms with van der Waals surface area (Å²) >= 11 is 0. The molecule has 0 aliphatic heterocycles. The first-order valence-corrected chi connectivity index (χ1v) is 10.5. The molecular formula is C26H32O6. The minimum absolute atomic E-state index is 0.117. The molecule has 0 heterocycles. The quantitative estimate of drug-likeness (QED) is 0.266. The zero-order valence-corrected chi connectivity index (χ0v) is 19.3. The Hall–Kier alpha value is -3.54. The van der Waals surface area contributed by atoms with Gasteiger partial charge in [0.15, 0.2) is 0 Å². The molecule has 0 bridgehead atoms. The highest BCUT2D eigenvalue weighted by atomic mass is 16.6. The van der Waals surface area contributed by atoms with Gasteiger partial charge in [-0.3, -0.25) is 0 Å². The Bertz CT molecular complexity index is 841. The molecule has 0 saturated heterocycles. The Kier molecular flexibility index (Phi) is 12.0. The smallest absolute Gasteiger partial charge is 0.333 e. The molecule has 0 amide bonds. The molecule has 32 heavy (non-hydrogen) atoms. The van der Waals surface area contributed by atoms with E-state index in [0.29, 0.717) is 22.6 Å². The lowest BCUT2D eigenvalue weighted by atomic mass is 10.0. The van der Waals surface area contributed by atoms with Gasteiger partial charge in [0.1, 0.15) is 37.9 Å². The fourth-order valence-corrected chi connectivity index (χ4v) is 2.45. The zero-order valence-electron chi connectivity index (χ0n) is 19.3. The summed E-state index contributed by atoms with van der Waals surface area (Å²) in [7, 11) is 0. The molecule has 6 heteroatoms. The molecule has 0 fully saturated rings. The summed E-state index contributed by atoms with van der Waals surface area (Å²) in [5.74, 6) is 0.373. The van der Waals surface area contributed by atoms with Gasteiger partial charge in [-0.2, -0.15) is 0 Å². The van der Waals surface area contributed by atoms with Crippen molar-refractivity contribution in [1.82, 2.24) is 0 Å². The number of hydrogen-bond acceptors (Lipinski definition) is 6. The Morgan fingerprint density at radius 2 is 1.00 bits per heavy atom. The molecule has 172 valence electrons. The van der Waals surface area contributed by atoms with Gasteiger partial charge >= 0.3 is 11.9 Å². The van der Waals surface area contributed by atoms with E-state index in [1.54, 1.807) is 13.8 Å². The van der Waals surface area contributed by atoms with Crippen LogP contribution in [0.3, 0.4) is 0 Å². The molecule has 6 nitrogen and oxygen atoms in total. The zero-order chi connectivity index (χ0) is 23.9. The SMILES string of the molecule is C=C(C)C(=O)OCCOc1ccccc1-c1ccccc1OCCOC(=O)C(=C)C.CC. The van der Waals surface area contributed by atoms with Crippen LogP contribution in [-0.2, 0) is 19.1 Å². The molecule has 0 aliphatic carbocycles. The van der Waals surface area contributed by atoms with Gasteiger partial charge in [-0.05, 0) is 26.0 Å². The molecule has 0 atom stereocenters. The fourth-order valence-electron chi connectivity index (χ4n) is 2.45. The number of para-hydroxylation sites is 2. The molecule has 0 N–H and O–H groups in total. The van der Waals surface area contributed by atoms with Gasteiger partial charge in [0.2, 0.25) is 0 Å².